The summed E-state index contributed by atoms with van der Waals surface area (Å²) in [6.07, 6.45) is 0.748. The summed E-state index contributed by atoms with van der Waals surface area (Å²) in [7, 11) is 1.34. The number of esters is 1. The van der Waals surface area contributed by atoms with Gasteiger partial charge in [0, 0.05) is 5.69 Å². The first kappa shape index (κ1) is 12.2. The zero-order valence-corrected chi connectivity index (χ0v) is 10.4. The first-order chi connectivity index (χ1) is 8.67. The van der Waals surface area contributed by atoms with E-state index in [1.54, 1.807) is 16.8 Å². The van der Waals surface area contributed by atoms with E-state index in [0.29, 0.717) is 5.69 Å². The van der Waals surface area contributed by atoms with Crippen LogP contribution in [0.25, 0.3) is 5.69 Å². The third kappa shape index (κ3) is 2.07. The number of nitrogens with two attached hydrogens (primary N) is 1. The van der Waals surface area contributed by atoms with Gasteiger partial charge in [-0.1, -0.05) is 19.1 Å². The molecule has 5 heteroatoms. The number of ether oxygens (including phenoxy) is 1. The normalized spacial score (nSPS) is 10.3. The maximum absolute atomic E-state index is 11.5. The van der Waals surface area contributed by atoms with Crippen LogP contribution in [-0.2, 0) is 11.2 Å². The molecule has 18 heavy (non-hydrogen) atoms. The van der Waals surface area contributed by atoms with E-state index in [1.807, 2.05) is 25.1 Å². The molecular weight excluding hydrogens is 230 g/mol. The number of benzene rings is 1. The molecule has 1 aromatic heterocycles. The fraction of sp³-hybridized carbons (Fsp3) is 0.231. The van der Waals surface area contributed by atoms with Crippen molar-refractivity contribution in [2.45, 2.75) is 13.3 Å². The molecule has 0 fully saturated rings. The number of hydrogen-bond donors (Lipinski definition) is 1. The topological polar surface area (TPSA) is 70.1 Å². The van der Waals surface area contributed by atoms with Gasteiger partial charge in [0.2, 0.25) is 0 Å². The van der Waals surface area contributed by atoms with E-state index in [-0.39, 0.29) is 5.69 Å². The quantitative estimate of drug-likeness (QED) is 0.661. The van der Waals surface area contributed by atoms with Gasteiger partial charge in [0.1, 0.15) is 0 Å². The van der Waals surface area contributed by atoms with Crippen molar-refractivity contribution < 1.29 is 9.53 Å². The van der Waals surface area contributed by atoms with Gasteiger partial charge >= 0.3 is 5.97 Å². The second-order valence-electron chi connectivity index (χ2n) is 3.84. The van der Waals surface area contributed by atoms with E-state index in [0.717, 1.165) is 17.8 Å². The monoisotopic (exact) mass is 245 g/mol. The van der Waals surface area contributed by atoms with Crippen LogP contribution in [0.15, 0.2) is 30.3 Å². The number of anilines is 1. The Balaban J connectivity index is 2.54. The number of aromatic nitrogens is 2. The average molecular weight is 245 g/mol. The van der Waals surface area contributed by atoms with Gasteiger partial charge in [-0.25, -0.2) is 9.48 Å². The SMILES string of the molecule is CCc1cc(C(=O)OC)nn1-c1ccccc1N. The summed E-state index contributed by atoms with van der Waals surface area (Å²) in [6, 6.07) is 9.12. The minimum absolute atomic E-state index is 0.289. The summed E-state index contributed by atoms with van der Waals surface area (Å²) in [5, 5.41) is 4.24. The van der Waals surface area contributed by atoms with E-state index >= 15 is 0 Å². The first-order valence-corrected chi connectivity index (χ1v) is 5.69. The number of carbonyl (C=O) groups is 1. The first-order valence-electron chi connectivity index (χ1n) is 5.69. The van der Waals surface area contributed by atoms with Gasteiger partial charge in [-0.2, -0.15) is 5.10 Å². The predicted octanol–water partition coefficient (Wildman–Crippen LogP) is 1.80. The van der Waals surface area contributed by atoms with E-state index in [1.165, 1.54) is 7.11 Å². The Hall–Kier alpha value is -2.30. The number of rotatable bonds is 3. The largest absolute Gasteiger partial charge is 0.464 e. The molecule has 0 atom stereocenters. The summed E-state index contributed by atoms with van der Waals surface area (Å²) in [4.78, 5) is 11.5. The van der Waals surface area contributed by atoms with Crippen LogP contribution in [0.5, 0.6) is 0 Å². The molecule has 0 saturated carbocycles. The molecule has 5 nitrogen and oxygen atoms in total. The molecule has 0 bridgehead atoms. The van der Waals surface area contributed by atoms with Crippen LogP contribution >= 0.6 is 0 Å². The average Bonchev–Trinajstić information content (AvgIpc) is 2.82. The van der Waals surface area contributed by atoms with E-state index in [9.17, 15) is 4.79 Å². The highest BCUT2D eigenvalue weighted by Gasteiger charge is 2.15. The number of carbonyl (C=O) groups excluding carboxylic acids is 1. The van der Waals surface area contributed by atoms with E-state index in [4.69, 9.17) is 5.73 Å². The molecule has 0 radical (unpaired) electrons. The van der Waals surface area contributed by atoms with Gasteiger partial charge in [-0.05, 0) is 24.6 Å². The summed E-state index contributed by atoms with van der Waals surface area (Å²) >= 11 is 0. The van der Waals surface area contributed by atoms with Crippen LogP contribution in [0.3, 0.4) is 0 Å². The fourth-order valence-corrected chi connectivity index (χ4v) is 1.76. The van der Waals surface area contributed by atoms with Crippen molar-refractivity contribution >= 4 is 11.7 Å². The second-order valence-corrected chi connectivity index (χ2v) is 3.84. The van der Waals surface area contributed by atoms with Crippen LogP contribution in [-0.4, -0.2) is 22.9 Å². The number of nitrogen functional groups attached to an aromatic ring is 1. The van der Waals surface area contributed by atoms with Crippen molar-refractivity contribution in [3.05, 3.63) is 41.7 Å². The zero-order valence-electron chi connectivity index (χ0n) is 10.4. The molecule has 0 amide bonds. The van der Waals surface area contributed by atoms with Gasteiger partial charge < -0.3 is 10.5 Å². The Morgan fingerprint density at radius 1 is 1.44 bits per heavy atom. The lowest BCUT2D eigenvalue weighted by molar-refractivity contribution is 0.0593. The summed E-state index contributed by atoms with van der Waals surface area (Å²) in [6.45, 7) is 1.99. The van der Waals surface area contributed by atoms with Crippen LogP contribution in [0.2, 0.25) is 0 Å². The second kappa shape index (κ2) is 4.91. The molecule has 94 valence electrons. The third-order valence-corrected chi connectivity index (χ3v) is 2.70. The number of methoxy groups -OCH3 is 1. The predicted molar refractivity (Wildman–Crippen MR) is 68.7 cm³/mol. The number of nitrogens with zero attached hydrogens (tertiary/aromatic N) is 2. The maximum Gasteiger partial charge on any atom is 0.358 e. The molecule has 2 aromatic rings. The zero-order chi connectivity index (χ0) is 13.1. The van der Waals surface area contributed by atoms with Crippen molar-refractivity contribution in [3.8, 4) is 5.69 Å². The van der Waals surface area contributed by atoms with Crippen LogP contribution in [0.4, 0.5) is 5.69 Å². The van der Waals surface area contributed by atoms with Crippen molar-refractivity contribution in [1.82, 2.24) is 9.78 Å². The number of para-hydroxylation sites is 2. The minimum Gasteiger partial charge on any atom is -0.464 e. The molecule has 0 saturated heterocycles. The minimum atomic E-state index is -0.446. The molecule has 1 aromatic carbocycles. The molecule has 1 heterocycles. The van der Waals surface area contributed by atoms with Gasteiger partial charge in [-0.15, -0.1) is 0 Å². The van der Waals surface area contributed by atoms with Gasteiger partial charge in [0.25, 0.3) is 0 Å². The van der Waals surface area contributed by atoms with Crippen LogP contribution in [0, 0.1) is 0 Å². The van der Waals surface area contributed by atoms with Crippen molar-refractivity contribution in [2.75, 3.05) is 12.8 Å². The third-order valence-electron chi connectivity index (χ3n) is 2.70. The Kier molecular flexibility index (Phi) is 3.32. The number of hydrogen-bond acceptors (Lipinski definition) is 4. The highest BCUT2D eigenvalue weighted by molar-refractivity contribution is 5.87. The lowest BCUT2D eigenvalue weighted by Gasteiger charge is -2.08. The highest BCUT2D eigenvalue weighted by Crippen LogP contribution is 2.19. The van der Waals surface area contributed by atoms with E-state index in [2.05, 4.69) is 9.84 Å². The molecule has 2 N–H and O–H groups in total. The Morgan fingerprint density at radius 2 is 2.17 bits per heavy atom. The van der Waals surface area contributed by atoms with Crippen LogP contribution in [0.1, 0.15) is 23.1 Å². The summed E-state index contributed by atoms with van der Waals surface area (Å²) in [5.41, 5.74) is 8.50. The van der Waals surface area contributed by atoms with Crippen molar-refractivity contribution in [2.24, 2.45) is 0 Å². The van der Waals surface area contributed by atoms with Crippen molar-refractivity contribution in [1.29, 1.82) is 0 Å². The highest BCUT2D eigenvalue weighted by atomic mass is 16.5. The fourth-order valence-electron chi connectivity index (χ4n) is 1.76. The van der Waals surface area contributed by atoms with Gasteiger partial charge in [-0.3, -0.25) is 0 Å². The Bertz CT molecular complexity index is 575. The summed E-state index contributed by atoms with van der Waals surface area (Å²) < 4.78 is 6.35. The Labute approximate surface area is 105 Å². The molecule has 0 spiro atoms. The smallest absolute Gasteiger partial charge is 0.358 e. The van der Waals surface area contributed by atoms with Crippen LogP contribution < -0.4 is 5.73 Å². The maximum atomic E-state index is 11.5. The van der Waals surface area contributed by atoms with E-state index < -0.39 is 5.97 Å². The van der Waals surface area contributed by atoms with Gasteiger partial charge in [0.05, 0.1) is 18.5 Å². The molecular formula is C13H15N3O2. The molecule has 2 rings (SSSR count). The lowest BCUT2D eigenvalue weighted by Crippen LogP contribution is -2.07. The lowest BCUT2D eigenvalue weighted by atomic mass is 10.2. The van der Waals surface area contributed by atoms with Crippen molar-refractivity contribution in [3.63, 3.8) is 0 Å². The molecule has 0 aliphatic carbocycles. The standard InChI is InChI=1S/C13H15N3O2/c1-3-9-8-11(13(17)18-2)15-16(9)12-7-5-4-6-10(12)14/h4-8H,3,14H2,1-2H3. The van der Waals surface area contributed by atoms with Gasteiger partial charge in [0.15, 0.2) is 5.69 Å². The molecule has 0 aliphatic rings. The molecule has 0 aliphatic heterocycles. The number of aryl methyl sites for hydroxylation is 1. The Morgan fingerprint density at radius 3 is 2.78 bits per heavy atom. The summed E-state index contributed by atoms with van der Waals surface area (Å²) in [5.74, 6) is -0.446. The molecule has 0 unspecified atom stereocenters.